The van der Waals surface area contributed by atoms with Gasteiger partial charge in [-0.25, -0.2) is 14.2 Å². The number of aryl methyl sites for hydroxylation is 1. The number of benzene rings is 2. The Hall–Kier alpha value is -3.45. The summed E-state index contributed by atoms with van der Waals surface area (Å²) in [5.41, 5.74) is 2.65. The van der Waals surface area contributed by atoms with Gasteiger partial charge in [-0.1, -0.05) is 61.0 Å². The van der Waals surface area contributed by atoms with E-state index in [1.54, 1.807) is 33.0 Å². The molecule has 0 bridgehead atoms. The van der Waals surface area contributed by atoms with E-state index in [0.29, 0.717) is 23.4 Å². The summed E-state index contributed by atoms with van der Waals surface area (Å²) < 4.78 is 22.4. The number of hydrogen-bond acceptors (Lipinski definition) is 4. The molecule has 2 aromatic heterocycles. The number of nitrogens with zero attached hydrogens (tertiary/aromatic N) is 4. The second kappa shape index (κ2) is 9.43. The van der Waals surface area contributed by atoms with Crippen molar-refractivity contribution in [2.75, 3.05) is 4.90 Å². The standard InChI is InChI=1S/C26H26ClFN4O2/c1-5-17-15-29-32-23(14-22(27)30-24(17)32)31(25(33)34-26(2,3)4)16-20-12-11-19(13-21(20)28)18-9-7-6-8-10-18/h6-15H,5,16H2,1-4H3. The third kappa shape index (κ3) is 5.04. The monoisotopic (exact) mass is 480 g/mol. The summed E-state index contributed by atoms with van der Waals surface area (Å²) in [6.45, 7) is 7.23. The maximum absolute atomic E-state index is 15.2. The van der Waals surface area contributed by atoms with Crippen LogP contribution in [0.1, 0.15) is 38.8 Å². The maximum atomic E-state index is 15.2. The number of amides is 1. The van der Waals surface area contributed by atoms with Gasteiger partial charge in [0.2, 0.25) is 0 Å². The van der Waals surface area contributed by atoms with Gasteiger partial charge in [0.1, 0.15) is 22.4 Å². The van der Waals surface area contributed by atoms with Crippen LogP contribution in [-0.2, 0) is 17.7 Å². The molecule has 0 unspecified atom stereocenters. The number of carbonyl (C=O) groups is 1. The van der Waals surface area contributed by atoms with Crippen molar-refractivity contribution in [3.63, 3.8) is 0 Å². The molecule has 0 saturated heterocycles. The molecule has 0 aliphatic carbocycles. The van der Waals surface area contributed by atoms with E-state index in [1.165, 1.54) is 21.5 Å². The summed E-state index contributed by atoms with van der Waals surface area (Å²) in [7, 11) is 0. The molecule has 176 valence electrons. The van der Waals surface area contributed by atoms with Gasteiger partial charge in [-0.2, -0.15) is 9.61 Å². The fraction of sp³-hybridized carbons (Fsp3) is 0.269. The molecule has 2 heterocycles. The van der Waals surface area contributed by atoms with Crippen molar-refractivity contribution >= 4 is 29.2 Å². The molecule has 2 aromatic carbocycles. The Morgan fingerprint density at radius 3 is 2.47 bits per heavy atom. The second-order valence-electron chi connectivity index (χ2n) is 8.93. The van der Waals surface area contributed by atoms with Crippen molar-refractivity contribution in [3.8, 4) is 11.1 Å². The van der Waals surface area contributed by atoms with Gasteiger partial charge in [0, 0.05) is 17.2 Å². The second-order valence-corrected chi connectivity index (χ2v) is 9.32. The third-order valence-corrected chi connectivity index (χ3v) is 5.45. The van der Waals surface area contributed by atoms with Crippen molar-refractivity contribution in [3.05, 3.63) is 82.9 Å². The normalized spacial score (nSPS) is 11.6. The Bertz CT molecular complexity index is 1330. The number of hydrogen-bond donors (Lipinski definition) is 0. The molecule has 4 rings (SSSR count). The largest absolute Gasteiger partial charge is 0.443 e. The van der Waals surface area contributed by atoms with Gasteiger partial charge < -0.3 is 4.74 Å². The van der Waals surface area contributed by atoms with E-state index in [1.807, 2.05) is 43.3 Å². The van der Waals surface area contributed by atoms with E-state index in [-0.39, 0.29) is 11.7 Å². The highest BCUT2D eigenvalue weighted by Gasteiger charge is 2.27. The lowest BCUT2D eigenvalue weighted by molar-refractivity contribution is 0.0575. The van der Waals surface area contributed by atoms with Crippen LogP contribution in [0.15, 0.2) is 60.8 Å². The summed E-state index contributed by atoms with van der Waals surface area (Å²) >= 11 is 6.31. The number of rotatable bonds is 5. The Morgan fingerprint density at radius 1 is 1.09 bits per heavy atom. The lowest BCUT2D eigenvalue weighted by atomic mass is 10.0. The van der Waals surface area contributed by atoms with Gasteiger partial charge in [0.05, 0.1) is 12.7 Å². The van der Waals surface area contributed by atoms with E-state index < -0.39 is 17.5 Å². The minimum Gasteiger partial charge on any atom is -0.443 e. The summed E-state index contributed by atoms with van der Waals surface area (Å²) in [5.74, 6) is -0.0866. The molecule has 4 aromatic rings. The number of anilines is 1. The molecule has 0 atom stereocenters. The number of aromatic nitrogens is 3. The molecule has 0 fully saturated rings. The quantitative estimate of drug-likeness (QED) is 0.298. The van der Waals surface area contributed by atoms with E-state index >= 15 is 4.39 Å². The van der Waals surface area contributed by atoms with E-state index in [4.69, 9.17) is 16.3 Å². The van der Waals surface area contributed by atoms with Crippen molar-refractivity contribution in [2.24, 2.45) is 0 Å². The first-order chi connectivity index (χ1) is 16.2. The Morgan fingerprint density at radius 2 is 1.82 bits per heavy atom. The van der Waals surface area contributed by atoms with Crippen molar-refractivity contribution in [1.29, 1.82) is 0 Å². The Kier molecular flexibility index (Phi) is 6.57. The first-order valence-electron chi connectivity index (χ1n) is 11.0. The van der Waals surface area contributed by atoms with Crippen LogP contribution in [0.5, 0.6) is 0 Å². The first kappa shape index (κ1) is 23.7. The molecular weight excluding hydrogens is 455 g/mol. The van der Waals surface area contributed by atoms with Crippen LogP contribution in [0.2, 0.25) is 5.15 Å². The fourth-order valence-electron chi connectivity index (χ4n) is 3.62. The summed E-state index contributed by atoms with van der Waals surface area (Å²) in [6, 6.07) is 16.1. The zero-order valence-corrected chi connectivity index (χ0v) is 20.3. The molecule has 0 N–H and O–H groups in total. The van der Waals surface area contributed by atoms with E-state index in [9.17, 15) is 4.79 Å². The Balaban J connectivity index is 1.77. The highest BCUT2D eigenvalue weighted by atomic mass is 35.5. The zero-order valence-electron chi connectivity index (χ0n) is 19.5. The number of ether oxygens (including phenoxy) is 1. The van der Waals surface area contributed by atoms with Gasteiger partial charge in [0.15, 0.2) is 5.65 Å². The molecular formula is C26H26ClFN4O2. The average molecular weight is 481 g/mol. The summed E-state index contributed by atoms with van der Waals surface area (Å²) in [5, 5.41) is 4.60. The number of carbonyl (C=O) groups excluding carboxylic acids is 1. The molecule has 0 aliphatic heterocycles. The molecule has 8 heteroatoms. The first-order valence-corrected chi connectivity index (χ1v) is 11.4. The smallest absolute Gasteiger partial charge is 0.416 e. The van der Waals surface area contributed by atoms with Crippen molar-refractivity contribution < 1.29 is 13.9 Å². The average Bonchev–Trinajstić information content (AvgIpc) is 3.20. The Labute approximate surface area is 202 Å². The molecule has 1 amide bonds. The predicted octanol–water partition coefficient (Wildman–Crippen LogP) is 6.69. The van der Waals surface area contributed by atoms with E-state index in [2.05, 4.69) is 10.1 Å². The zero-order chi connectivity index (χ0) is 24.5. The SMILES string of the molecule is CCc1cnn2c(N(Cc3ccc(-c4ccccc4)cc3F)C(=O)OC(C)(C)C)cc(Cl)nc12. The van der Waals surface area contributed by atoms with Gasteiger partial charge >= 0.3 is 6.09 Å². The molecule has 34 heavy (non-hydrogen) atoms. The van der Waals surface area contributed by atoms with Gasteiger partial charge in [0.25, 0.3) is 0 Å². The van der Waals surface area contributed by atoms with Crippen LogP contribution in [0, 0.1) is 5.82 Å². The summed E-state index contributed by atoms with van der Waals surface area (Å²) in [6.07, 6.45) is 1.74. The third-order valence-electron chi connectivity index (χ3n) is 5.25. The van der Waals surface area contributed by atoms with Crippen LogP contribution in [0.4, 0.5) is 15.0 Å². The highest BCUT2D eigenvalue weighted by Crippen LogP contribution is 2.28. The number of halogens is 2. The van der Waals surface area contributed by atoms with E-state index in [0.717, 1.165) is 16.7 Å². The molecule has 0 aliphatic rings. The van der Waals surface area contributed by atoms with Crippen LogP contribution in [0.25, 0.3) is 16.8 Å². The van der Waals surface area contributed by atoms with Gasteiger partial charge in [-0.15, -0.1) is 0 Å². The lowest BCUT2D eigenvalue weighted by Crippen LogP contribution is -2.38. The summed E-state index contributed by atoms with van der Waals surface area (Å²) in [4.78, 5) is 19.0. The molecule has 0 spiro atoms. The van der Waals surface area contributed by atoms with Gasteiger partial charge in [-0.05, 0) is 44.4 Å². The van der Waals surface area contributed by atoms with Crippen LogP contribution in [-0.4, -0.2) is 26.3 Å². The van der Waals surface area contributed by atoms with Crippen LogP contribution in [0.3, 0.4) is 0 Å². The number of fused-ring (bicyclic) bond motifs is 1. The minimum absolute atomic E-state index is 0.0768. The fourth-order valence-corrected chi connectivity index (χ4v) is 3.80. The van der Waals surface area contributed by atoms with Crippen LogP contribution >= 0.6 is 11.6 Å². The van der Waals surface area contributed by atoms with Crippen LogP contribution < -0.4 is 4.90 Å². The molecule has 6 nitrogen and oxygen atoms in total. The predicted molar refractivity (Wildman–Crippen MR) is 132 cm³/mol. The molecule has 0 saturated carbocycles. The van der Waals surface area contributed by atoms with Crippen molar-refractivity contribution in [1.82, 2.24) is 14.6 Å². The van der Waals surface area contributed by atoms with Gasteiger partial charge in [-0.3, -0.25) is 4.90 Å². The molecule has 0 radical (unpaired) electrons. The topological polar surface area (TPSA) is 59.7 Å². The highest BCUT2D eigenvalue weighted by molar-refractivity contribution is 6.29. The van der Waals surface area contributed by atoms with Crippen molar-refractivity contribution in [2.45, 2.75) is 46.3 Å². The maximum Gasteiger partial charge on any atom is 0.416 e. The lowest BCUT2D eigenvalue weighted by Gasteiger charge is -2.28. The minimum atomic E-state index is -0.750.